The Hall–Kier alpha value is -3.41. The van der Waals surface area contributed by atoms with Crippen molar-refractivity contribution in [2.45, 2.75) is 6.54 Å². The summed E-state index contributed by atoms with van der Waals surface area (Å²) in [6, 6.07) is 16.0. The second-order valence-corrected chi connectivity index (χ2v) is 5.47. The molecule has 3 aromatic heterocycles. The Morgan fingerprint density at radius 3 is 2.48 bits per heavy atom. The Labute approximate surface area is 143 Å². The normalized spacial score (nSPS) is 10.8. The molecule has 6 heteroatoms. The van der Waals surface area contributed by atoms with Crippen LogP contribution in [0.2, 0.25) is 0 Å². The lowest BCUT2D eigenvalue weighted by molar-refractivity contribution is 0.587. The molecule has 1 aromatic carbocycles. The van der Waals surface area contributed by atoms with Crippen LogP contribution in [0.4, 0.5) is 4.39 Å². The van der Waals surface area contributed by atoms with Crippen LogP contribution in [0.3, 0.4) is 0 Å². The number of nitrogens with zero attached hydrogens (tertiary/aromatic N) is 5. The summed E-state index contributed by atoms with van der Waals surface area (Å²) in [4.78, 5) is 12.6. The van der Waals surface area contributed by atoms with Crippen molar-refractivity contribution in [2.24, 2.45) is 0 Å². The average Bonchev–Trinajstić information content (AvgIpc) is 3.09. The molecule has 0 aliphatic rings. The topological polar surface area (TPSA) is 56.5 Å². The molecule has 3 heterocycles. The standard InChI is InChI=1S/C19H14FN5/c20-15-6-2-1-5-14(15)12-25-19(17-8-10-21-13-23-17)11-18(24-25)16-7-3-4-9-22-16/h1-11,13H,12H2. The van der Waals surface area contributed by atoms with Gasteiger partial charge >= 0.3 is 0 Å². The van der Waals surface area contributed by atoms with Crippen molar-refractivity contribution in [3.63, 3.8) is 0 Å². The van der Waals surface area contributed by atoms with E-state index in [1.165, 1.54) is 12.4 Å². The number of hydrogen-bond acceptors (Lipinski definition) is 4. The van der Waals surface area contributed by atoms with E-state index in [-0.39, 0.29) is 5.82 Å². The van der Waals surface area contributed by atoms with Crippen LogP contribution in [-0.4, -0.2) is 24.7 Å². The second kappa shape index (κ2) is 6.60. The number of hydrogen-bond donors (Lipinski definition) is 0. The average molecular weight is 331 g/mol. The molecule has 0 fully saturated rings. The van der Waals surface area contributed by atoms with Gasteiger partial charge in [-0.15, -0.1) is 0 Å². The molecule has 0 spiro atoms. The first-order valence-corrected chi connectivity index (χ1v) is 7.80. The second-order valence-electron chi connectivity index (χ2n) is 5.47. The van der Waals surface area contributed by atoms with Gasteiger partial charge in [0, 0.05) is 18.0 Å². The van der Waals surface area contributed by atoms with Crippen molar-refractivity contribution in [2.75, 3.05) is 0 Å². The quantitative estimate of drug-likeness (QED) is 0.573. The fraction of sp³-hybridized carbons (Fsp3) is 0.0526. The number of pyridine rings is 1. The van der Waals surface area contributed by atoms with Crippen LogP contribution in [0.25, 0.3) is 22.8 Å². The van der Waals surface area contributed by atoms with Gasteiger partial charge in [-0.3, -0.25) is 9.67 Å². The van der Waals surface area contributed by atoms with Gasteiger partial charge in [0.05, 0.1) is 23.6 Å². The summed E-state index contributed by atoms with van der Waals surface area (Å²) in [5, 5.41) is 4.62. The molecule has 0 N–H and O–H groups in total. The maximum absolute atomic E-state index is 14.1. The van der Waals surface area contributed by atoms with Crippen molar-refractivity contribution in [1.29, 1.82) is 0 Å². The molecule has 0 radical (unpaired) electrons. The van der Waals surface area contributed by atoms with Gasteiger partial charge in [-0.1, -0.05) is 24.3 Å². The summed E-state index contributed by atoms with van der Waals surface area (Å²) in [7, 11) is 0. The Morgan fingerprint density at radius 2 is 1.72 bits per heavy atom. The monoisotopic (exact) mass is 331 g/mol. The van der Waals surface area contributed by atoms with E-state index in [2.05, 4.69) is 20.1 Å². The third kappa shape index (κ3) is 3.14. The van der Waals surface area contributed by atoms with Crippen molar-refractivity contribution >= 4 is 0 Å². The maximum Gasteiger partial charge on any atom is 0.128 e. The molecule has 0 aliphatic carbocycles. The minimum absolute atomic E-state index is 0.258. The highest BCUT2D eigenvalue weighted by atomic mass is 19.1. The van der Waals surface area contributed by atoms with E-state index in [1.807, 2.05) is 30.3 Å². The van der Waals surface area contributed by atoms with E-state index in [0.29, 0.717) is 17.8 Å². The van der Waals surface area contributed by atoms with Crippen molar-refractivity contribution in [1.82, 2.24) is 24.7 Å². The summed E-state index contributed by atoms with van der Waals surface area (Å²) in [6.45, 7) is 0.304. The van der Waals surface area contributed by atoms with E-state index >= 15 is 0 Å². The summed E-state index contributed by atoms with van der Waals surface area (Å²) < 4.78 is 15.8. The fourth-order valence-electron chi connectivity index (χ4n) is 2.61. The van der Waals surface area contributed by atoms with Crippen LogP contribution in [0, 0.1) is 5.82 Å². The molecular formula is C19H14FN5. The first-order valence-electron chi connectivity index (χ1n) is 7.80. The molecule has 0 saturated carbocycles. The Bertz CT molecular complexity index is 983. The molecule has 122 valence electrons. The molecule has 4 rings (SSSR count). The van der Waals surface area contributed by atoms with Gasteiger partial charge < -0.3 is 0 Å². The maximum atomic E-state index is 14.1. The lowest BCUT2D eigenvalue weighted by Crippen LogP contribution is -2.06. The van der Waals surface area contributed by atoms with E-state index < -0.39 is 0 Å². The van der Waals surface area contributed by atoms with Crippen molar-refractivity contribution in [3.05, 3.63) is 84.7 Å². The Balaban J connectivity index is 1.81. The van der Waals surface area contributed by atoms with E-state index in [1.54, 1.807) is 35.3 Å². The molecule has 4 aromatic rings. The Morgan fingerprint density at radius 1 is 0.840 bits per heavy atom. The smallest absolute Gasteiger partial charge is 0.128 e. The van der Waals surface area contributed by atoms with Crippen LogP contribution in [0.15, 0.2) is 73.3 Å². The highest BCUT2D eigenvalue weighted by molar-refractivity contribution is 5.64. The first kappa shape index (κ1) is 15.1. The number of aromatic nitrogens is 5. The van der Waals surface area contributed by atoms with Crippen LogP contribution < -0.4 is 0 Å². The number of halogens is 1. The summed E-state index contributed by atoms with van der Waals surface area (Å²) in [6.07, 6.45) is 4.87. The van der Waals surface area contributed by atoms with Gasteiger partial charge in [-0.05, 0) is 30.3 Å². The van der Waals surface area contributed by atoms with Crippen molar-refractivity contribution < 1.29 is 4.39 Å². The summed E-state index contributed by atoms with van der Waals surface area (Å²) in [5.41, 5.74) is 3.54. The molecule has 0 amide bonds. The van der Waals surface area contributed by atoms with Crippen molar-refractivity contribution in [3.8, 4) is 22.8 Å². The molecule has 0 aliphatic heterocycles. The van der Waals surface area contributed by atoms with Gasteiger partial charge in [0.15, 0.2) is 0 Å². The van der Waals surface area contributed by atoms with Crippen LogP contribution in [0.5, 0.6) is 0 Å². The zero-order valence-electron chi connectivity index (χ0n) is 13.2. The lowest BCUT2D eigenvalue weighted by atomic mass is 10.2. The fourth-order valence-corrected chi connectivity index (χ4v) is 2.61. The molecule has 0 saturated heterocycles. The minimum Gasteiger partial charge on any atom is -0.258 e. The number of rotatable bonds is 4. The van der Waals surface area contributed by atoms with Gasteiger partial charge in [0.2, 0.25) is 0 Å². The van der Waals surface area contributed by atoms with Crippen LogP contribution in [0.1, 0.15) is 5.56 Å². The summed E-state index contributed by atoms with van der Waals surface area (Å²) >= 11 is 0. The predicted molar refractivity (Wildman–Crippen MR) is 92.0 cm³/mol. The first-order chi connectivity index (χ1) is 12.3. The van der Waals surface area contributed by atoms with Gasteiger partial charge in [0.25, 0.3) is 0 Å². The third-order valence-electron chi connectivity index (χ3n) is 3.83. The summed E-state index contributed by atoms with van der Waals surface area (Å²) in [5.74, 6) is -0.258. The third-order valence-corrected chi connectivity index (χ3v) is 3.83. The molecular weight excluding hydrogens is 317 g/mol. The molecule has 25 heavy (non-hydrogen) atoms. The van der Waals surface area contributed by atoms with Gasteiger partial charge in [-0.2, -0.15) is 5.10 Å². The molecule has 0 atom stereocenters. The lowest BCUT2D eigenvalue weighted by Gasteiger charge is -2.07. The van der Waals surface area contributed by atoms with E-state index in [9.17, 15) is 4.39 Å². The van der Waals surface area contributed by atoms with Gasteiger partial charge in [0.1, 0.15) is 17.8 Å². The largest absolute Gasteiger partial charge is 0.258 e. The highest BCUT2D eigenvalue weighted by Gasteiger charge is 2.14. The van der Waals surface area contributed by atoms with Crippen LogP contribution >= 0.6 is 0 Å². The zero-order chi connectivity index (χ0) is 17.1. The molecule has 0 unspecified atom stereocenters. The van der Waals surface area contributed by atoms with E-state index in [0.717, 1.165) is 17.1 Å². The molecule has 5 nitrogen and oxygen atoms in total. The highest BCUT2D eigenvalue weighted by Crippen LogP contribution is 2.24. The Kier molecular flexibility index (Phi) is 4.00. The molecule has 0 bridgehead atoms. The minimum atomic E-state index is -0.258. The SMILES string of the molecule is Fc1ccccc1Cn1nc(-c2ccccn2)cc1-c1ccncn1. The van der Waals surface area contributed by atoms with Gasteiger partial charge in [-0.25, -0.2) is 14.4 Å². The zero-order valence-corrected chi connectivity index (χ0v) is 13.2. The number of benzene rings is 1. The van der Waals surface area contributed by atoms with Crippen LogP contribution in [-0.2, 0) is 6.54 Å². The predicted octanol–water partition coefficient (Wildman–Crippen LogP) is 3.59. The van der Waals surface area contributed by atoms with E-state index in [4.69, 9.17) is 0 Å².